The lowest BCUT2D eigenvalue weighted by Gasteiger charge is -2.31. The fraction of sp³-hybridized carbons (Fsp3) is 0.929. The Kier molecular flexibility index (Phi) is 7.34. The van der Waals surface area contributed by atoms with E-state index in [0.29, 0.717) is 31.7 Å². The van der Waals surface area contributed by atoms with Gasteiger partial charge in [-0.3, -0.25) is 9.69 Å². The van der Waals surface area contributed by atoms with E-state index in [1.807, 2.05) is 0 Å². The Morgan fingerprint density at radius 2 is 2.00 bits per heavy atom. The average molecular weight is 271 g/mol. The molecule has 1 aliphatic rings. The Morgan fingerprint density at radius 1 is 1.37 bits per heavy atom. The number of piperidine rings is 1. The number of likely N-dealkylation sites (tertiary alicyclic amines) is 1. The number of nitrogens with two attached hydrogens (primary N) is 1. The minimum atomic E-state index is 0.127. The molecule has 1 saturated heterocycles. The van der Waals surface area contributed by atoms with Gasteiger partial charge in [-0.05, 0) is 25.7 Å². The second-order valence-corrected chi connectivity index (χ2v) is 5.74. The zero-order chi connectivity index (χ0) is 14.3. The van der Waals surface area contributed by atoms with Crippen molar-refractivity contribution in [1.82, 2.24) is 10.2 Å². The van der Waals surface area contributed by atoms with Crippen molar-refractivity contribution in [2.75, 3.05) is 32.8 Å². The van der Waals surface area contributed by atoms with Crippen LogP contribution in [0.15, 0.2) is 0 Å². The van der Waals surface area contributed by atoms with Crippen LogP contribution in [0, 0.1) is 5.92 Å². The minimum absolute atomic E-state index is 0.127. The van der Waals surface area contributed by atoms with Gasteiger partial charge in [-0.15, -0.1) is 0 Å². The molecule has 5 nitrogen and oxygen atoms in total. The largest absolute Gasteiger partial charge is 0.377 e. The van der Waals surface area contributed by atoms with Gasteiger partial charge in [0.2, 0.25) is 5.91 Å². The average Bonchev–Trinajstić information content (AvgIpc) is 2.37. The molecule has 0 spiro atoms. The number of hydrogen-bond acceptors (Lipinski definition) is 4. The van der Waals surface area contributed by atoms with Gasteiger partial charge >= 0.3 is 0 Å². The van der Waals surface area contributed by atoms with Crippen molar-refractivity contribution >= 4 is 5.91 Å². The van der Waals surface area contributed by atoms with Crippen molar-refractivity contribution in [2.45, 2.75) is 45.8 Å². The van der Waals surface area contributed by atoms with Gasteiger partial charge in [0.15, 0.2) is 0 Å². The van der Waals surface area contributed by atoms with Gasteiger partial charge < -0.3 is 15.8 Å². The maximum absolute atomic E-state index is 11.9. The van der Waals surface area contributed by atoms with E-state index in [1.54, 1.807) is 0 Å². The van der Waals surface area contributed by atoms with E-state index in [-0.39, 0.29) is 11.9 Å². The number of hydrogen-bond donors (Lipinski definition) is 2. The smallest absolute Gasteiger partial charge is 0.234 e. The summed E-state index contributed by atoms with van der Waals surface area (Å²) in [4.78, 5) is 14.1. The zero-order valence-corrected chi connectivity index (χ0v) is 12.5. The molecule has 1 rings (SSSR count). The van der Waals surface area contributed by atoms with Crippen molar-refractivity contribution in [1.29, 1.82) is 0 Å². The molecule has 0 aromatic heterocycles. The van der Waals surface area contributed by atoms with Crippen LogP contribution in [0.5, 0.6) is 0 Å². The molecule has 1 amide bonds. The Bertz CT molecular complexity index is 263. The monoisotopic (exact) mass is 271 g/mol. The molecule has 0 aliphatic carbocycles. The fourth-order valence-electron chi connectivity index (χ4n) is 2.14. The molecule has 1 unspecified atom stereocenters. The van der Waals surface area contributed by atoms with Crippen molar-refractivity contribution in [3.63, 3.8) is 0 Å². The van der Waals surface area contributed by atoms with Crippen LogP contribution in [0.2, 0.25) is 0 Å². The summed E-state index contributed by atoms with van der Waals surface area (Å²) in [6.45, 7) is 9.86. The summed E-state index contributed by atoms with van der Waals surface area (Å²) in [5, 5.41) is 3.04. The maximum Gasteiger partial charge on any atom is 0.234 e. The summed E-state index contributed by atoms with van der Waals surface area (Å²) in [5.41, 5.74) is 5.42. The molecule has 5 heteroatoms. The van der Waals surface area contributed by atoms with Crippen LogP contribution >= 0.6 is 0 Å². The first-order valence-corrected chi connectivity index (χ1v) is 7.36. The molecular weight excluding hydrogens is 242 g/mol. The van der Waals surface area contributed by atoms with E-state index < -0.39 is 0 Å². The molecule has 0 aromatic rings. The van der Waals surface area contributed by atoms with E-state index in [4.69, 9.17) is 10.5 Å². The number of ether oxygens (including phenoxy) is 1. The predicted octanol–water partition coefficient (Wildman–Crippen LogP) is 0.587. The number of nitrogens with one attached hydrogen (secondary N) is 1. The Morgan fingerprint density at radius 3 is 2.53 bits per heavy atom. The van der Waals surface area contributed by atoms with Crippen LogP contribution in [0.1, 0.15) is 33.6 Å². The lowest BCUT2D eigenvalue weighted by atomic mass is 10.1. The predicted molar refractivity (Wildman–Crippen MR) is 76.9 cm³/mol. The molecule has 1 heterocycles. The first-order valence-electron chi connectivity index (χ1n) is 7.36. The summed E-state index contributed by atoms with van der Waals surface area (Å²) in [6, 6.07) is 0.234. The van der Waals surface area contributed by atoms with Gasteiger partial charge in [0.1, 0.15) is 0 Å². The summed E-state index contributed by atoms with van der Waals surface area (Å²) < 4.78 is 5.63. The molecule has 1 aliphatic heterocycles. The summed E-state index contributed by atoms with van der Waals surface area (Å²) in [6.07, 6.45) is 2.30. The first kappa shape index (κ1) is 16.4. The van der Waals surface area contributed by atoms with Crippen LogP contribution in [0.4, 0.5) is 0 Å². The molecule has 0 aromatic carbocycles. The van der Waals surface area contributed by atoms with Gasteiger partial charge in [-0.2, -0.15) is 0 Å². The standard InChI is InChI=1S/C14H29N3O2/c1-11(2)12(3)16-14(18)10-17-7-4-13(5-8-17)19-9-6-15/h11-13H,4-10,15H2,1-3H3,(H,16,18). The molecule has 0 radical (unpaired) electrons. The summed E-state index contributed by atoms with van der Waals surface area (Å²) in [7, 11) is 0. The molecule has 112 valence electrons. The van der Waals surface area contributed by atoms with Gasteiger partial charge in [0.25, 0.3) is 0 Å². The second kappa shape index (κ2) is 8.51. The van der Waals surface area contributed by atoms with E-state index in [1.165, 1.54) is 0 Å². The summed E-state index contributed by atoms with van der Waals surface area (Å²) in [5.74, 6) is 0.599. The molecular formula is C14H29N3O2. The van der Waals surface area contributed by atoms with Crippen LogP contribution in [0.3, 0.4) is 0 Å². The van der Waals surface area contributed by atoms with Crippen LogP contribution < -0.4 is 11.1 Å². The van der Waals surface area contributed by atoms with Crippen molar-refractivity contribution in [3.05, 3.63) is 0 Å². The third-order valence-corrected chi connectivity index (χ3v) is 3.76. The van der Waals surface area contributed by atoms with Gasteiger partial charge in [-0.25, -0.2) is 0 Å². The second-order valence-electron chi connectivity index (χ2n) is 5.74. The van der Waals surface area contributed by atoms with Crippen molar-refractivity contribution in [3.8, 4) is 0 Å². The first-order chi connectivity index (χ1) is 9.02. The van der Waals surface area contributed by atoms with Crippen LogP contribution in [0.25, 0.3) is 0 Å². The lowest BCUT2D eigenvalue weighted by Crippen LogP contribution is -2.46. The van der Waals surface area contributed by atoms with E-state index >= 15 is 0 Å². The number of carbonyl (C=O) groups excluding carboxylic acids is 1. The minimum Gasteiger partial charge on any atom is -0.377 e. The number of rotatable bonds is 7. The van der Waals surface area contributed by atoms with Crippen LogP contribution in [-0.2, 0) is 9.53 Å². The zero-order valence-electron chi connectivity index (χ0n) is 12.5. The highest BCUT2D eigenvalue weighted by atomic mass is 16.5. The Balaban J connectivity index is 2.19. The molecule has 3 N–H and O–H groups in total. The van der Waals surface area contributed by atoms with E-state index in [0.717, 1.165) is 25.9 Å². The molecule has 19 heavy (non-hydrogen) atoms. The highest BCUT2D eigenvalue weighted by Gasteiger charge is 2.21. The Labute approximate surface area is 116 Å². The third-order valence-electron chi connectivity index (χ3n) is 3.76. The quantitative estimate of drug-likeness (QED) is 0.711. The Hall–Kier alpha value is -0.650. The molecule has 1 atom stereocenters. The molecule has 0 saturated carbocycles. The number of amides is 1. The lowest BCUT2D eigenvalue weighted by molar-refractivity contribution is -0.123. The number of nitrogens with zero attached hydrogens (tertiary/aromatic N) is 1. The maximum atomic E-state index is 11.9. The summed E-state index contributed by atoms with van der Waals surface area (Å²) >= 11 is 0. The third kappa shape index (κ3) is 6.36. The van der Waals surface area contributed by atoms with E-state index in [9.17, 15) is 4.79 Å². The number of carbonyl (C=O) groups is 1. The highest BCUT2D eigenvalue weighted by molar-refractivity contribution is 5.78. The van der Waals surface area contributed by atoms with Crippen molar-refractivity contribution < 1.29 is 9.53 Å². The normalized spacial score (nSPS) is 19.6. The van der Waals surface area contributed by atoms with Crippen molar-refractivity contribution in [2.24, 2.45) is 11.7 Å². The van der Waals surface area contributed by atoms with Gasteiger partial charge in [0.05, 0.1) is 19.3 Å². The van der Waals surface area contributed by atoms with Crippen LogP contribution in [-0.4, -0.2) is 55.7 Å². The fourth-order valence-corrected chi connectivity index (χ4v) is 2.14. The molecule has 0 bridgehead atoms. The topological polar surface area (TPSA) is 67.6 Å². The molecule has 1 fully saturated rings. The highest BCUT2D eigenvalue weighted by Crippen LogP contribution is 2.13. The van der Waals surface area contributed by atoms with Gasteiger partial charge in [0, 0.05) is 25.7 Å². The SMILES string of the molecule is CC(C)C(C)NC(=O)CN1CCC(OCCN)CC1. The van der Waals surface area contributed by atoms with E-state index in [2.05, 4.69) is 31.0 Å². The van der Waals surface area contributed by atoms with Gasteiger partial charge in [-0.1, -0.05) is 13.8 Å².